The minimum atomic E-state index is -0.502. The number of hydrogen-bond acceptors (Lipinski definition) is 7. The number of anilines is 1. The van der Waals surface area contributed by atoms with Crippen LogP contribution in [0.15, 0.2) is 29.5 Å². The first-order chi connectivity index (χ1) is 12.1. The van der Waals surface area contributed by atoms with Crippen LogP contribution in [0.5, 0.6) is 11.8 Å². The number of nitrogens with two attached hydrogens (primary N) is 1. The molecule has 3 aromatic rings. The van der Waals surface area contributed by atoms with E-state index in [1.54, 1.807) is 4.68 Å². The molecule has 0 bridgehead atoms. The molecule has 1 fully saturated rings. The fourth-order valence-electron chi connectivity index (χ4n) is 3.23. The Labute approximate surface area is 142 Å². The number of rotatable bonds is 3. The monoisotopic (exact) mass is 342 g/mol. The summed E-state index contributed by atoms with van der Waals surface area (Å²) < 4.78 is 7.39. The van der Waals surface area contributed by atoms with E-state index < -0.39 is 6.10 Å². The first kappa shape index (κ1) is 15.6. The highest BCUT2D eigenvalue weighted by Gasteiger charge is 2.29. The van der Waals surface area contributed by atoms with E-state index in [2.05, 4.69) is 20.1 Å². The lowest BCUT2D eigenvalue weighted by atomic mass is 9.93. The number of aromatic nitrogens is 5. The largest absolute Gasteiger partial charge is 0.420 e. The number of H-pyrrole nitrogens is 1. The zero-order chi connectivity index (χ0) is 17.4. The lowest BCUT2D eigenvalue weighted by Gasteiger charge is -2.27. The van der Waals surface area contributed by atoms with Crippen molar-refractivity contribution in [3.63, 3.8) is 0 Å². The van der Waals surface area contributed by atoms with Gasteiger partial charge in [-0.2, -0.15) is 0 Å². The Kier molecular flexibility index (Phi) is 3.85. The molecule has 25 heavy (non-hydrogen) atoms. The van der Waals surface area contributed by atoms with Crippen LogP contribution in [-0.2, 0) is 0 Å². The third-order valence-electron chi connectivity index (χ3n) is 4.45. The van der Waals surface area contributed by atoms with Gasteiger partial charge < -0.3 is 20.6 Å². The van der Waals surface area contributed by atoms with Gasteiger partial charge in [0.25, 0.3) is 5.88 Å². The first-order valence-corrected chi connectivity index (χ1v) is 8.17. The summed E-state index contributed by atoms with van der Waals surface area (Å²) in [4.78, 5) is 22.6. The van der Waals surface area contributed by atoms with Crippen LogP contribution in [0.2, 0.25) is 0 Å². The Hall–Kier alpha value is -2.94. The summed E-state index contributed by atoms with van der Waals surface area (Å²) in [5.41, 5.74) is 6.32. The van der Waals surface area contributed by atoms with Crippen LogP contribution in [0, 0.1) is 0 Å². The van der Waals surface area contributed by atoms with Crippen molar-refractivity contribution < 1.29 is 9.84 Å². The van der Waals surface area contributed by atoms with Gasteiger partial charge in [-0.05, 0) is 12.8 Å². The van der Waals surface area contributed by atoms with E-state index in [1.807, 2.05) is 0 Å². The number of nitrogens with one attached hydrogen (secondary N) is 1. The van der Waals surface area contributed by atoms with E-state index in [0.717, 1.165) is 25.7 Å². The van der Waals surface area contributed by atoms with Crippen molar-refractivity contribution in [1.82, 2.24) is 24.7 Å². The summed E-state index contributed by atoms with van der Waals surface area (Å²) in [5.74, 6) is 0.675. The molecule has 0 saturated heterocycles. The van der Waals surface area contributed by atoms with Crippen LogP contribution in [0.1, 0.15) is 31.7 Å². The van der Waals surface area contributed by atoms with Crippen molar-refractivity contribution in [2.75, 3.05) is 5.73 Å². The van der Waals surface area contributed by atoms with Crippen LogP contribution in [0.25, 0.3) is 11.0 Å². The van der Waals surface area contributed by atoms with E-state index in [4.69, 9.17) is 10.5 Å². The Morgan fingerprint density at radius 2 is 2.16 bits per heavy atom. The van der Waals surface area contributed by atoms with Gasteiger partial charge in [0.2, 0.25) is 5.88 Å². The fourth-order valence-corrected chi connectivity index (χ4v) is 3.23. The molecule has 9 heteroatoms. The molecular weight excluding hydrogens is 324 g/mol. The fraction of sp³-hybridized carbons (Fsp3) is 0.375. The van der Waals surface area contributed by atoms with Gasteiger partial charge in [-0.3, -0.25) is 4.79 Å². The third-order valence-corrected chi connectivity index (χ3v) is 4.45. The van der Waals surface area contributed by atoms with E-state index in [9.17, 15) is 9.90 Å². The molecule has 2 atom stereocenters. The van der Waals surface area contributed by atoms with Gasteiger partial charge in [-0.1, -0.05) is 12.8 Å². The van der Waals surface area contributed by atoms with E-state index in [0.29, 0.717) is 11.0 Å². The number of ether oxygens (including phenoxy) is 1. The van der Waals surface area contributed by atoms with Gasteiger partial charge in [-0.25, -0.2) is 14.6 Å². The number of hydrogen-bond donors (Lipinski definition) is 3. The summed E-state index contributed by atoms with van der Waals surface area (Å²) in [6, 6.07) is 2.51. The number of fused-ring (bicyclic) bond motifs is 1. The molecule has 0 aromatic carbocycles. The Balaban J connectivity index is 1.83. The van der Waals surface area contributed by atoms with Crippen LogP contribution in [0.4, 0.5) is 5.82 Å². The average Bonchev–Trinajstić information content (AvgIpc) is 2.95. The van der Waals surface area contributed by atoms with Crippen molar-refractivity contribution in [3.05, 3.63) is 34.9 Å². The van der Waals surface area contributed by atoms with Crippen molar-refractivity contribution in [2.45, 2.75) is 37.8 Å². The van der Waals surface area contributed by atoms with E-state index in [-0.39, 0.29) is 29.0 Å². The smallest absolute Gasteiger partial charge is 0.253 e. The Morgan fingerprint density at radius 1 is 1.32 bits per heavy atom. The molecule has 130 valence electrons. The molecule has 0 amide bonds. The third kappa shape index (κ3) is 2.82. The Morgan fingerprint density at radius 3 is 2.96 bits per heavy atom. The van der Waals surface area contributed by atoms with Crippen molar-refractivity contribution >= 4 is 16.9 Å². The zero-order valence-electron chi connectivity index (χ0n) is 13.4. The second-order valence-corrected chi connectivity index (χ2v) is 6.12. The predicted molar refractivity (Wildman–Crippen MR) is 90.4 cm³/mol. The lowest BCUT2D eigenvalue weighted by molar-refractivity contribution is 0.0708. The molecule has 3 aromatic heterocycles. The maximum Gasteiger partial charge on any atom is 0.253 e. The molecule has 9 nitrogen and oxygen atoms in total. The number of nitrogen functional groups attached to an aromatic ring is 1. The highest BCUT2D eigenvalue weighted by Crippen LogP contribution is 2.36. The van der Waals surface area contributed by atoms with Crippen LogP contribution in [-0.4, -0.2) is 35.9 Å². The number of pyridine rings is 1. The predicted octanol–water partition coefficient (Wildman–Crippen LogP) is 1.37. The van der Waals surface area contributed by atoms with Gasteiger partial charge in [0.15, 0.2) is 11.1 Å². The summed E-state index contributed by atoms with van der Waals surface area (Å²) in [7, 11) is 0. The zero-order valence-corrected chi connectivity index (χ0v) is 13.4. The standard InChI is InChI=1S/C16H18N6O3/c17-14-13-15(20-8-19-14)22(10-3-1-2-4-11(10)24)21-16(13)25-12-7-9(23)5-6-18-12/h5-8,10-11,24H,1-4H2,(H,18,23)(H2,17,19,20)/t10-,11+/m1/s1. The van der Waals surface area contributed by atoms with E-state index >= 15 is 0 Å². The van der Waals surface area contributed by atoms with Gasteiger partial charge >= 0.3 is 0 Å². The van der Waals surface area contributed by atoms with Gasteiger partial charge in [0.1, 0.15) is 17.5 Å². The molecule has 3 heterocycles. The molecule has 4 rings (SSSR count). The molecule has 0 radical (unpaired) electrons. The summed E-state index contributed by atoms with van der Waals surface area (Å²) in [6.07, 6.45) is 5.85. The summed E-state index contributed by atoms with van der Waals surface area (Å²) in [6.45, 7) is 0. The topological polar surface area (TPSA) is 132 Å². The second kappa shape index (κ2) is 6.17. The SMILES string of the molecule is Nc1ncnc2c1c(Oc1cc(=O)cc[nH]1)nn2[C@@H]1CCCC[C@@H]1O. The van der Waals surface area contributed by atoms with Crippen LogP contribution in [0.3, 0.4) is 0 Å². The van der Waals surface area contributed by atoms with Crippen molar-refractivity contribution in [3.8, 4) is 11.8 Å². The normalized spacial score (nSPS) is 20.7. The van der Waals surface area contributed by atoms with E-state index in [1.165, 1.54) is 24.7 Å². The number of aromatic amines is 1. The molecule has 0 unspecified atom stereocenters. The number of aliphatic hydroxyl groups excluding tert-OH is 1. The average molecular weight is 342 g/mol. The van der Waals surface area contributed by atoms with Crippen molar-refractivity contribution in [2.24, 2.45) is 0 Å². The first-order valence-electron chi connectivity index (χ1n) is 8.17. The number of aliphatic hydroxyl groups is 1. The van der Waals surface area contributed by atoms with Gasteiger partial charge in [-0.15, -0.1) is 5.10 Å². The molecule has 0 spiro atoms. The van der Waals surface area contributed by atoms with Gasteiger partial charge in [0, 0.05) is 18.3 Å². The highest BCUT2D eigenvalue weighted by atomic mass is 16.5. The molecule has 1 aliphatic rings. The highest BCUT2D eigenvalue weighted by molar-refractivity contribution is 5.90. The summed E-state index contributed by atoms with van der Waals surface area (Å²) >= 11 is 0. The molecular formula is C16H18N6O3. The summed E-state index contributed by atoms with van der Waals surface area (Å²) in [5, 5.41) is 15.3. The maximum absolute atomic E-state index is 11.5. The second-order valence-electron chi connectivity index (χ2n) is 6.12. The number of nitrogens with zero attached hydrogens (tertiary/aromatic N) is 4. The lowest BCUT2D eigenvalue weighted by Crippen LogP contribution is -2.28. The van der Waals surface area contributed by atoms with Crippen LogP contribution < -0.4 is 15.9 Å². The quantitative estimate of drug-likeness (QED) is 0.654. The molecule has 0 aliphatic heterocycles. The maximum atomic E-state index is 11.5. The van der Waals surface area contributed by atoms with Gasteiger partial charge in [0.05, 0.1) is 12.1 Å². The minimum absolute atomic E-state index is 0.190. The molecule has 1 saturated carbocycles. The van der Waals surface area contributed by atoms with Crippen molar-refractivity contribution in [1.29, 1.82) is 0 Å². The minimum Gasteiger partial charge on any atom is -0.420 e. The molecule has 4 N–H and O–H groups in total. The molecule has 1 aliphatic carbocycles. The Bertz CT molecular complexity index is 966. The van der Waals surface area contributed by atoms with Crippen LogP contribution >= 0.6 is 0 Å².